The zero-order chi connectivity index (χ0) is 12.1. The van der Waals surface area contributed by atoms with Crippen molar-refractivity contribution in [2.45, 2.75) is 25.8 Å². The molecule has 1 aliphatic heterocycles. The smallest absolute Gasteiger partial charge is 0.0406 e. The van der Waals surface area contributed by atoms with Gasteiger partial charge >= 0.3 is 0 Å². The van der Waals surface area contributed by atoms with Crippen LogP contribution in [0.3, 0.4) is 0 Å². The zero-order valence-corrected chi connectivity index (χ0v) is 11.1. The Balaban J connectivity index is 1.80. The van der Waals surface area contributed by atoms with E-state index >= 15 is 0 Å². The van der Waals surface area contributed by atoms with Crippen molar-refractivity contribution in [1.82, 2.24) is 10.6 Å². The van der Waals surface area contributed by atoms with Crippen LogP contribution in [0.5, 0.6) is 0 Å². The van der Waals surface area contributed by atoms with E-state index in [1.54, 1.807) is 0 Å². The maximum Gasteiger partial charge on any atom is 0.0406 e. The summed E-state index contributed by atoms with van der Waals surface area (Å²) in [6, 6.07) is 8.52. The van der Waals surface area contributed by atoms with Crippen molar-refractivity contribution in [3.05, 3.63) is 34.9 Å². The molecule has 1 aliphatic rings. The fourth-order valence-corrected chi connectivity index (χ4v) is 2.42. The van der Waals surface area contributed by atoms with Crippen LogP contribution in [-0.2, 0) is 0 Å². The SMILES string of the molecule is CC(NCC1CCNCC1)c1ccc(Cl)cc1. The van der Waals surface area contributed by atoms with Crippen molar-refractivity contribution in [2.75, 3.05) is 19.6 Å². The Labute approximate surface area is 109 Å². The van der Waals surface area contributed by atoms with Gasteiger partial charge in [0.2, 0.25) is 0 Å². The van der Waals surface area contributed by atoms with Crippen LogP contribution in [0.15, 0.2) is 24.3 Å². The Hall–Kier alpha value is -0.570. The monoisotopic (exact) mass is 252 g/mol. The van der Waals surface area contributed by atoms with Crippen LogP contribution in [0, 0.1) is 5.92 Å². The number of nitrogens with one attached hydrogen (secondary N) is 2. The molecule has 0 bridgehead atoms. The van der Waals surface area contributed by atoms with Crippen LogP contribution < -0.4 is 10.6 Å². The first-order valence-corrected chi connectivity index (χ1v) is 6.83. The lowest BCUT2D eigenvalue weighted by atomic mass is 9.97. The van der Waals surface area contributed by atoms with Gasteiger partial charge in [-0.1, -0.05) is 23.7 Å². The molecule has 1 aromatic carbocycles. The summed E-state index contributed by atoms with van der Waals surface area (Å²) in [6.45, 7) is 5.67. The van der Waals surface area contributed by atoms with Crippen molar-refractivity contribution in [3.63, 3.8) is 0 Å². The van der Waals surface area contributed by atoms with Crippen molar-refractivity contribution in [3.8, 4) is 0 Å². The molecule has 17 heavy (non-hydrogen) atoms. The second kappa shape index (κ2) is 6.39. The minimum absolute atomic E-state index is 0.405. The molecule has 1 unspecified atom stereocenters. The van der Waals surface area contributed by atoms with Gasteiger partial charge in [0.15, 0.2) is 0 Å². The molecule has 3 heteroatoms. The summed E-state index contributed by atoms with van der Waals surface area (Å²) < 4.78 is 0. The first kappa shape index (κ1) is 12.9. The second-order valence-electron chi connectivity index (χ2n) is 4.87. The van der Waals surface area contributed by atoms with E-state index in [0.29, 0.717) is 6.04 Å². The van der Waals surface area contributed by atoms with Crippen LogP contribution >= 0.6 is 11.6 Å². The van der Waals surface area contributed by atoms with Crippen LogP contribution in [0.25, 0.3) is 0 Å². The number of hydrogen-bond acceptors (Lipinski definition) is 2. The minimum Gasteiger partial charge on any atom is -0.317 e. The van der Waals surface area contributed by atoms with Crippen LogP contribution in [0.4, 0.5) is 0 Å². The number of rotatable bonds is 4. The number of hydrogen-bond donors (Lipinski definition) is 2. The van der Waals surface area contributed by atoms with Gasteiger partial charge in [-0.05, 0) is 63.0 Å². The highest BCUT2D eigenvalue weighted by Gasteiger charge is 2.14. The van der Waals surface area contributed by atoms with E-state index in [1.165, 1.54) is 31.5 Å². The van der Waals surface area contributed by atoms with Gasteiger partial charge in [-0.3, -0.25) is 0 Å². The van der Waals surface area contributed by atoms with E-state index in [0.717, 1.165) is 17.5 Å². The highest BCUT2D eigenvalue weighted by Crippen LogP contribution is 2.17. The normalized spacial score (nSPS) is 19.2. The van der Waals surface area contributed by atoms with Crippen molar-refractivity contribution < 1.29 is 0 Å². The summed E-state index contributed by atoms with van der Waals surface area (Å²) in [5, 5.41) is 7.82. The molecule has 0 radical (unpaired) electrons. The van der Waals surface area contributed by atoms with E-state index in [2.05, 4.69) is 29.7 Å². The maximum atomic E-state index is 5.89. The lowest BCUT2D eigenvalue weighted by Crippen LogP contribution is -2.34. The maximum absolute atomic E-state index is 5.89. The molecule has 1 fully saturated rings. The fraction of sp³-hybridized carbons (Fsp3) is 0.571. The van der Waals surface area contributed by atoms with Crippen molar-refractivity contribution in [2.24, 2.45) is 5.92 Å². The Morgan fingerprint density at radius 1 is 1.29 bits per heavy atom. The minimum atomic E-state index is 0.405. The molecule has 2 N–H and O–H groups in total. The Morgan fingerprint density at radius 3 is 2.59 bits per heavy atom. The van der Waals surface area contributed by atoms with Gasteiger partial charge in [-0.25, -0.2) is 0 Å². The lowest BCUT2D eigenvalue weighted by Gasteiger charge is -2.25. The first-order chi connectivity index (χ1) is 8.25. The summed E-state index contributed by atoms with van der Waals surface area (Å²) in [4.78, 5) is 0. The van der Waals surface area contributed by atoms with E-state index in [1.807, 2.05) is 12.1 Å². The molecule has 94 valence electrons. The molecule has 1 saturated heterocycles. The second-order valence-corrected chi connectivity index (χ2v) is 5.31. The predicted molar refractivity (Wildman–Crippen MR) is 73.5 cm³/mol. The topological polar surface area (TPSA) is 24.1 Å². The summed E-state index contributed by atoms with van der Waals surface area (Å²) in [5.74, 6) is 0.825. The molecule has 0 aromatic heterocycles. The third-order valence-electron chi connectivity index (χ3n) is 3.54. The largest absolute Gasteiger partial charge is 0.317 e. The zero-order valence-electron chi connectivity index (χ0n) is 10.4. The number of halogens is 1. The van der Waals surface area contributed by atoms with Crippen LogP contribution in [0.1, 0.15) is 31.4 Å². The Morgan fingerprint density at radius 2 is 1.94 bits per heavy atom. The van der Waals surface area contributed by atoms with Crippen molar-refractivity contribution in [1.29, 1.82) is 0 Å². The Kier molecular flexibility index (Phi) is 4.84. The van der Waals surface area contributed by atoms with E-state index in [-0.39, 0.29) is 0 Å². The third kappa shape index (κ3) is 3.98. The summed E-state index contributed by atoms with van der Waals surface area (Å²) in [7, 11) is 0. The molecular weight excluding hydrogens is 232 g/mol. The van der Waals surface area contributed by atoms with Gasteiger partial charge in [0.25, 0.3) is 0 Å². The molecule has 0 spiro atoms. The van der Waals surface area contributed by atoms with Crippen molar-refractivity contribution >= 4 is 11.6 Å². The molecular formula is C14H21ClN2. The first-order valence-electron chi connectivity index (χ1n) is 6.45. The van der Waals surface area contributed by atoms with E-state index in [9.17, 15) is 0 Å². The quantitative estimate of drug-likeness (QED) is 0.861. The van der Waals surface area contributed by atoms with Gasteiger partial charge in [0.1, 0.15) is 0 Å². The average Bonchev–Trinajstić information content (AvgIpc) is 2.38. The van der Waals surface area contributed by atoms with Gasteiger partial charge in [0.05, 0.1) is 0 Å². The molecule has 2 rings (SSSR count). The van der Waals surface area contributed by atoms with Gasteiger partial charge < -0.3 is 10.6 Å². The van der Waals surface area contributed by atoms with Gasteiger partial charge in [-0.2, -0.15) is 0 Å². The third-order valence-corrected chi connectivity index (χ3v) is 3.79. The van der Waals surface area contributed by atoms with Crippen LogP contribution in [0.2, 0.25) is 5.02 Å². The molecule has 1 aromatic rings. The highest BCUT2D eigenvalue weighted by atomic mass is 35.5. The lowest BCUT2D eigenvalue weighted by molar-refractivity contribution is 0.345. The van der Waals surface area contributed by atoms with Gasteiger partial charge in [-0.15, -0.1) is 0 Å². The van der Waals surface area contributed by atoms with Gasteiger partial charge in [0, 0.05) is 11.1 Å². The Bertz CT molecular complexity index is 331. The highest BCUT2D eigenvalue weighted by molar-refractivity contribution is 6.30. The standard InChI is InChI=1S/C14H21ClN2/c1-11(13-2-4-14(15)5-3-13)17-10-12-6-8-16-9-7-12/h2-5,11-12,16-17H,6-10H2,1H3. The molecule has 0 amide bonds. The average molecular weight is 253 g/mol. The molecule has 1 atom stereocenters. The molecule has 0 aliphatic carbocycles. The molecule has 1 heterocycles. The number of piperidine rings is 1. The summed E-state index contributed by atoms with van der Waals surface area (Å²) in [6.07, 6.45) is 2.58. The van der Waals surface area contributed by atoms with E-state index in [4.69, 9.17) is 11.6 Å². The number of benzene rings is 1. The van der Waals surface area contributed by atoms with Crippen LogP contribution in [-0.4, -0.2) is 19.6 Å². The predicted octanol–water partition coefficient (Wildman–Crippen LogP) is 2.99. The van der Waals surface area contributed by atoms with E-state index < -0.39 is 0 Å². The fourth-order valence-electron chi connectivity index (χ4n) is 2.30. The summed E-state index contributed by atoms with van der Waals surface area (Å²) >= 11 is 5.89. The molecule has 0 saturated carbocycles. The molecule has 2 nitrogen and oxygen atoms in total. The summed E-state index contributed by atoms with van der Waals surface area (Å²) in [5.41, 5.74) is 1.31.